The average molecular weight is 390 g/mol. The summed E-state index contributed by atoms with van der Waals surface area (Å²) in [5.41, 5.74) is 1.29. The Morgan fingerprint density at radius 3 is 2.55 bits per heavy atom. The highest BCUT2D eigenvalue weighted by Crippen LogP contribution is 2.26. The van der Waals surface area contributed by atoms with Crippen molar-refractivity contribution in [3.8, 4) is 11.5 Å². The molecule has 0 bridgehead atoms. The van der Waals surface area contributed by atoms with Crippen molar-refractivity contribution in [1.82, 2.24) is 14.9 Å². The number of anilines is 1. The van der Waals surface area contributed by atoms with Gasteiger partial charge in [-0.2, -0.15) is 0 Å². The fourth-order valence-electron chi connectivity index (χ4n) is 3.28. The van der Waals surface area contributed by atoms with Crippen molar-refractivity contribution in [2.45, 2.75) is 6.61 Å². The molecular weight excluding hydrogens is 368 g/mol. The van der Waals surface area contributed by atoms with Gasteiger partial charge in [-0.15, -0.1) is 0 Å². The first-order valence-electron chi connectivity index (χ1n) is 9.51. The van der Waals surface area contributed by atoms with Crippen molar-refractivity contribution in [2.24, 2.45) is 0 Å². The number of hydrogen-bond acceptors (Lipinski definition) is 6. The van der Waals surface area contributed by atoms with Crippen LogP contribution in [0.2, 0.25) is 0 Å². The molecule has 148 valence electrons. The quantitative estimate of drug-likeness (QED) is 0.722. The predicted molar refractivity (Wildman–Crippen MR) is 109 cm³/mol. The number of hydrogen-bond donors (Lipinski definition) is 1. The van der Waals surface area contributed by atoms with Crippen LogP contribution in [0.1, 0.15) is 15.9 Å². The molecule has 3 aromatic rings. The van der Waals surface area contributed by atoms with Gasteiger partial charge in [-0.25, -0.2) is 4.98 Å². The molecule has 0 aliphatic carbocycles. The number of nitrogens with zero attached hydrogens (tertiary/aromatic N) is 4. The number of carbonyl (C=O) groups excluding carboxylic acids is 1. The van der Waals surface area contributed by atoms with E-state index in [2.05, 4.69) is 14.9 Å². The number of ether oxygens (including phenoxy) is 1. The Hall–Kier alpha value is -3.61. The smallest absolute Gasteiger partial charge is 0.257 e. The summed E-state index contributed by atoms with van der Waals surface area (Å²) in [5.74, 6) is 1.11. The van der Waals surface area contributed by atoms with Crippen molar-refractivity contribution in [3.05, 3.63) is 78.2 Å². The van der Waals surface area contributed by atoms with Gasteiger partial charge in [0.15, 0.2) is 0 Å². The average Bonchev–Trinajstić information content (AvgIpc) is 2.79. The standard InChI is InChI=1S/C22H22N4O3/c27-20-7-6-18(29-16-17-4-2-1-3-5-17)14-19(20)22(28)26-12-10-25(11-13-26)21-15-23-8-9-24-21/h1-9,14-15,27H,10-13,16H2. The summed E-state index contributed by atoms with van der Waals surface area (Å²) < 4.78 is 5.79. The largest absolute Gasteiger partial charge is 0.507 e. The number of phenols is 1. The molecule has 1 aliphatic heterocycles. The number of rotatable bonds is 5. The van der Waals surface area contributed by atoms with Gasteiger partial charge in [-0.1, -0.05) is 30.3 Å². The summed E-state index contributed by atoms with van der Waals surface area (Å²) >= 11 is 0. The normalized spacial score (nSPS) is 13.9. The number of aromatic hydroxyl groups is 1. The lowest BCUT2D eigenvalue weighted by Gasteiger charge is -2.35. The molecule has 0 atom stereocenters. The van der Waals surface area contributed by atoms with Gasteiger partial charge in [0, 0.05) is 38.6 Å². The molecule has 0 saturated carbocycles. The van der Waals surface area contributed by atoms with Gasteiger partial charge >= 0.3 is 0 Å². The fourth-order valence-corrected chi connectivity index (χ4v) is 3.28. The van der Waals surface area contributed by atoms with E-state index in [0.29, 0.717) is 38.5 Å². The molecule has 0 unspecified atom stereocenters. The third-order valence-electron chi connectivity index (χ3n) is 4.89. The molecule has 0 spiro atoms. The van der Waals surface area contributed by atoms with E-state index < -0.39 is 0 Å². The first-order valence-corrected chi connectivity index (χ1v) is 9.51. The van der Waals surface area contributed by atoms with Gasteiger partial charge in [0.1, 0.15) is 23.9 Å². The topological polar surface area (TPSA) is 78.8 Å². The lowest BCUT2D eigenvalue weighted by atomic mass is 10.1. The lowest BCUT2D eigenvalue weighted by Crippen LogP contribution is -2.49. The second kappa shape index (κ2) is 8.60. The van der Waals surface area contributed by atoms with E-state index in [0.717, 1.165) is 11.4 Å². The van der Waals surface area contributed by atoms with Gasteiger partial charge in [-0.3, -0.25) is 9.78 Å². The highest BCUT2D eigenvalue weighted by molar-refractivity contribution is 5.97. The summed E-state index contributed by atoms with van der Waals surface area (Å²) in [7, 11) is 0. The molecule has 29 heavy (non-hydrogen) atoms. The molecule has 7 heteroatoms. The van der Waals surface area contributed by atoms with E-state index in [1.165, 1.54) is 6.07 Å². The van der Waals surface area contributed by atoms with Gasteiger partial charge < -0.3 is 19.6 Å². The number of carbonyl (C=O) groups is 1. The molecule has 1 saturated heterocycles. The number of phenolic OH excluding ortho intramolecular Hbond substituents is 1. The Kier molecular flexibility index (Phi) is 5.56. The Morgan fingerprint density at radius 2 is 1.83 bits per heavy atom. The van der Waals surface area contributed by atoms with Crippen LogP contribution >= 0.6 is 0 Å². The van der Waals surface area contributed by atoms with Crippen LogP contribution in [0.25, 0.3) is 0 Å². The molecule has 2 aromatic carbocycles. The molecule has 1 aromatic heterocycles. The monoisotopic (exact) mass is 390 g/mol. The number of piperazine rings is 1. The Bertz CT molecular complexity index is 958. The highest BCUT2D eigenvalue weighted by Gasteiger charge is 2.25. The van der Waals surface area contributed by atoms with E-state index in [1.54, 1.807) is 35.6 Å². The molecule has 1 fully saturated rings. The van der Waals surface area contributed by atoms with Gasteiger partial charge in [0.05, 0.1) is 11.8 Å². The second-order valence-electron chi connectivity index (χ2n) is 6.80. The molecular formula is C22H22N4O3. The second-order valence-corrected chi connectivity index (χ2v) is 6.80. The Morgan fingerprint density at radius 1 is 1.03 bits per heavy atom. The zero-order valence-electron chi connectivity index (χ0n) is 15.9. The highest BCUT2D eigenvalue weighted by atomic mass is 16.5. The van der Waals surface area contributed by atoms with Crippen LogP contribution in [0.4, 0.5) is 5.82 Å². The van der Waals surface area contributed by atoms with Crippen LogP contribution in [0, 0.1) is 0 Å². The van der Waals surface area contributed by atoms with Crippen LogP contribution in [-0.4, -0.2) is 52.1 Å². The fraction of sp³-hybridized carbons (Fsp3) is 0.227. The number of aromatic nitrogens is 2. The minimum atomic E-state index is -0.202. The van der Waals surface area contributed by atoms with E-state index in [4.69, 9.17) is 4.74 Å². The van der Waals surface area contributed by atoms with Crippen LogP contribution in [0.15, 0.2) is 67.1 Å². The molecule has 7 nitrogen and oxygen atoms in total. The van der Waals surface area contributed by atoms with Gasteiger partial charge in [0.2, 0.25) is 0 Å². The van der Waals surface area contributed by atoms with Crippen molar-refractivity contribution >= 4 is 11.7 Å². The molecule has 1 amide bonds. The summed E-state index contributed by atoms with van der Waals surface area (Å²) in [5, 5.41) is 10.2. The summed E-state index contributed by atoms with van der Waals surface area (Å²) in [6.45, 7) is 2.81. The van der Waals surface area contributed by atoms with E-state index >= 15 is 0 Å². The number of benzene rings is 2. The zero-order valence-corrected chi connectivity index (χ0v) is 15.9. The molecule has 0 radical (unpaired) electrons. The molecule has 1 N–H and O–H groups in total. The third-order valence-corrected chi connectivity index (χ3v) is 4.89. The van der Waals surface area contributed by atoms with Crippen molar-refractivity contribution in [2.75, 3.05) is 31.1 Å². The summed E-state index contributed by atoms with van der Waals surface area (Å²) in [4.78, 5) is 25.2. The maximum absolute atomic E-state index is 13.0. The van der Waals surface area contributed by atoms with Gasteiger partial charge in [-0.05, 0) is 23.8 Å². The maximum atomic E-state index is 13.0. The van der Waals surface area contributed by atoms with Crippen molar-refractivity contribution in [1.29, 1.82) is 0 Å². The van der Waals surface area contributed by atoms with Crippen molar-refractivity contribution in [3.63, 3.8) is 0 Å². The molecule has 4 rings (SSSR count). The van der Waals surface area contributed by atoms with E-state index in [1.807, 2.05) is 30.3 Å². The minimum Gasteiger partial charge on any atom is -0.507 e. The predicted octanol–water partition coefficient (Wildman–Crippen LogP) is 2.72. The van der Waals surface area contributed by atoms with E-state index in [-0.39, 0.29) is 17.2 Å². The summed E-state index contributed by atoms with van der Waals surface area (Å²) in [6, 6.07) is 14.6. The lowest BCUT2D eigenvalue weighted by molar-refractivity contribution is 0.0743. The Labute approximate surface area is 169 Å². The van der Waals surface area contributed by atoms with Crippen LogP contribution < -0.4 is 9.64 Å². The SMILES string of the molecule is O=C(c1cc(OCc2ccccc2)ccc1O)N1CCN(c2cnccn2)CC1. The molecule has 2 heterocycles. The first kappa shape index (κ1) is 18.7. The molecule has 1 aliphatic rings. The van der Waals surface area contributed by atoms with Crippen molar-refractivity contribution < 1.29 is 14.6 Å². The van der Waals surface area contributed by atoms with E-state index in [9.17, 15) is 9.90 Å². The number of amides is 1. The minimum absolute atomic E-state index is 0.0431. The van der Waals surface area contributed by atoms with Crippen LogP contribution in [0.5, 0.6) is 11.5 Å². The summed E-state index contributed by atoms with van der Waals surface area (Å²) in [6.07, 6.45) is 5.02. The van der Waals surface area contributed by atoms with Crippen LogP contribution in [-0.2, 0) is 6.61 Å². The zero-order chi connectivity index (χ0) is 20.1. The maximum Gasteiger partial charge on any atom is 0.257 e. The third kappa shape index (κ3) is 4.45. The van der Waals surface area contributed by atoms with Gasteiger partial charge in [0.25, 0.3) is 5.91 Å². The Balaban J connectivity index is 1.40. The first-order chi connectivity index (χ1) is 14.2. The van der Waals surface area contributed by atoms with Crippen LogP contribution in [0.3, 0.4) is 0 Å².